The van der Waals surface area contributed by atoms with Gasteiger partial charge in [0.25, 0.3) is 0 Å². The van der Waals surface area contributed by atoms with E-state index in [-0.39, 0.29) is 24.8 Å². The number of nitrogens with zero attached hydrogens (tertiary/aromatic N) is 2. The van der Waals surface area contributed by atoms with E-state index >= 15 is 0 Å². The lowest BCUT2D eigenvalue weighted by Crippen LogP contribution is -2.16. The third kappa shape index (κ3) is 5.32. The van der Waals surface area contributed by atoms with Crippen molar-refractivity contribution in [3.63, 3.8) is 0 Å². The summed E-state index contributed by atoms with van der Waals surface area (Å²) < 4.78 is 36.4. The van der Waals surface area contributed by atoms with Crippen molar-refractivity contribution in [2.75, 3.05) is 18.9 Å². The van der Waals surface area contributed by atoms with E-state index in [0.29, 0.717) is 13.0 Å². The van der Waals surface area contributed by atoms with Gasteiger partial charge in [0.1, 0.15) is 0 Å². The van der Waals surface area contributed by atoms with Crippen LogP contribution in [0.15, 0.2) is 0 Å². The van der Waals surface area contributed by atoms with Crippen molar-refractivity contribution in [3.8, 4) is 0 Å². The maximum absolute atomic E-state index is 12.1. The Morgan fingerprint density at radius 2 is 2.11 bits per heavy atom. The van der Waals surface area contributed by atoms with Crippen LogP contribution in [0.5, 0.6) is 0 Å². The maximum Gasteiger partial charge on any atom is 0.451 e. The number of aromatic nitrogens is 3. The highest BCUT2D eigenvalue weighted by Crippen LogP contribution is 2.26. The molecule has 0 unspecified atom stereocenters. The van der Waals surface area contributed by atoms with Crippen LogP contribution in [0.1, 0.15) is 18.7 Å². The fraction of sp³-hybridized carbons (Fsp3) is 0.625. The van der Waals surface area contributed by atoms with Crippen LogP contribution in [0.4, 0.5) is 19.1 Å². The monoisotopic (exact) mass is 287 g/mol. The van der Waals surface area contributed by atoms with E-state index in [1.54, 1.807) is 12.1 Å². The van der Waals surface area contributed by atoms with Gasteiger partial charge in [-0.15, -0.1) is 17.5 Å². The summed E-state index contributed by atoms with van der Waals surface area (Å²) in [5.74, 6) is -2.03. The first kappa shape index (κ1) is 16.6. The molecule has 0 saturated carbocycles. The second-order valence-corrected chi connectivity index (χ2v) is 3.26. The van der Waals surface area contributed by atoms with E-state index < -0.39 is 17.9 Å². The highest BCUT2D eigenvalue weighted by molar-refractivity contribution is 5.88. The number of anilines is 1. The lowest BCUT2D eigenvalue weighted by atomic mass is 10.3. The average Bonchev–Trinajstić information content (AvgIpc) is 2.66. The van der Waals surface area contributed by atoms with Gasteiger partial charge in [-0.05, 0) is 20.0 Å². The van der Waals surface area contributed by atoms with E-state index in [1.807, 2.05) is 0 Å². The summed E-state index contributed by atoms with van der Waals surface area (Å²) in [7, 11) is 1.74. The van der Waals surface area contributed by atoms with E-state index in [4.69, 9.17) is 0 Å². The number of carbonyl (C=O) groups excluding carboxylic acids is 1. The summed E-state index contributed by atoms with van der Waals surface area (Å²) in [6, 6.07) is 0. The number of amides is 1. The summed E-state index contributed by atoms with van der Waals surface area (Å²) in [4.78, 5) is 14.3. The minimum Gasteiger partial charge on any atom is -0.320 e. The first-order chi connectivity index (χ1) is 7.93. The van der Waals surface area contributed by atoms with Crippen molar-refractivity contribution < 1.29 is 18.0 Å². The SMILES string of the molecule is CNCCCC(=O)Nc1n[nH]c(C(F)(F)F)n1.Cl. The highest BCUT2D eigenvalue weighted by atomic mass is 35.5. The Labute approximate surface area is 107 Å². The summed E-state index contributed by atoms with van der Waals surface area (Å²) in [5, 5.41) is 9.97. The standard InChI is InChI=1S/C8H12F3N5O.ClH/c1-12-4-2-3-5(17)13-7-14-6(15-16-7)8(9,10)11;/h12H,2-4H2,1H3,(H2,13,14,15,16,17);1H. The van der Waals surface area contributed by atoms with Crippen molar-refractivity contribution in [3.05, 3.63) is 5.82 Å². The number of hydrogen-bond donors (Lipinski definition) is 3. The summed E-state index contributed by atoms with van der Waals surface area (Å²) >= 11 is 0. The Kier molecular flexibility index (Phi) is 6.63. The topological polar surface area (TPSA) is 82.7 Å². The van der Waals surface area contributed by atoms with Crippen LogP contribution in [-0.4, -0.2) is 34.7 Å². The van der Waals surface area contributed by atoms with Gasteiger partial charge in [-0.2, -0.15) is 18.2 Å². The lowest BCUT2D eigenvalue weighted by molar-refractivity contribution is -0.144. The molecular weight excluding hydrogens is 275 g/mol. The van der Waals surface area contributed by atoms with Crippen LogP contribution in [0, 0.1) is 0 Å². The van der Waals surface area contributed by atoms with Crippen molar-refractivity contribution in [1.82, 2.24) is 20.5 Å². The normalized spacial score (nSPS) is 10.9. The number of carbonyl (C=O) groups is 1. The van der Waals surface area contributed by atoms with Gasteiger partial charge in [0.05, 0.1) is 0 Å². The number of aromatic amines is 1. The molecule has 0 radical (unpaired) electrons. The van der Waals surface area contributed by atoms with E-state index in [2.05, 4.69) is 20.7 Å². The largest absolute Gasteiger partial charge is 0.451 e. The molecule has 0 bridgehead atoms. The summed E-state index contributed by atoms with van der Waals surface area (Å²) in [5.41, 5.74) is 0. The zero-order valence-corrected chi connectivity index (χ0v) is 10.3. The van der Waals surface area contributed by atoms with E-state index in [1.165, 1.54) is 0 Å². The number of halogens is 4. The first-order valence-corrected chi connectivity index (χ1v) is 4.87. The van der Waals surface area contributed by atoms with Gasteiger partial charge in [-0.3, -0.25) is 15.2 Å². The molecule has 3 N–H and O–H groups in total. The molecule has 0 saturated heterocycles. The number of rotatable bonds is 5. The third-order valence-electron chi connectivity index (χ3n) is 1.84. The second kappa shape index (κ2) is 7.17. The highest BCUT2D eigenvalue weighted by Gasteiger charge is 2.35. The molecule has 0 aliphatic carbocycles. The predicted molar refractivity (Wildman–Crippen MR) is 60.4 cm³/mol. The van der Waals surface area contributed by atoms with Crippen LogP contribution in [-0.2, 0) is 11.0 Å². The molecule has 0 aliphatic rings. The number of nitrogens with one attached hydrogen (secondary N) is 3. The third-order valence-corrected chi connectivity index (χ3v) is 1.84. The quantitative estimate of drug-likeness (QED) is 0.710. The zero-order valence-electron chi connectivity index (χ0n) is 9.47. The van der Waals surface area contributed by atoms with Crippen molar-refractivity contribution in [1.29, 1.82) is 0 Å². The molecule has 18 heavy (non-hydrogen) atoms. The Morgan fingerprint density at radius 3 is 2.61 bits per heavy atom. The van der Waals surface area contributed by atoms with Crippen molar-refractivity contribution in [2.45, 2.75) is 19.0 Å². The molecule has 1 rings (SSSR count). The first-order valence-electron chi connectivity index (χ1n) is 4.87. The van der Waals surface area contributed by atoms with Gasteiger partial charge in [-0.1, -0.05) is 0 Å². The van der Waals surface area contributed by atoms with E-state index in [9.17, 15) is 18.0 Å². The number of alkyl halides is 3. The van der Waals surface area contributed by atoms with Crippen LogP contribution in [0.3, 0.4) is 0 Å². The molecule has 0 spiro atoms. The Balaban J connectivity index is 0.00000289. The minimum absolute atomic E-state index is 0. The molecule has 104 valence electrons. The molecular formula is C8H13ClF3N5O. The Hall–Kier alpha value is -1.35. The van der Waals surface area contributed by atoms with Gasteiger partial charge < -0.3 is 5.32 Å². The van der Waals surface area contributed by atoms with Crippen LogP contribution < -0.4 is 10.6 Å². The number of H-pyrrole nitrogens is 1. The van der Waals surface area contributed by atoms with Gasteiger partial charge >= 0.3 is 6.18 Å². The van der Waals surface area contributed by atoms with Crippen LogP contribution in [0.25, 0.3) is 0 Å². The molecule has 0 aliphatic heterocycles. The molecule has 0 atom stereocenters. The fourth-order valence-corrected chi connectivity index (χ4v) is 1.06. The van der Waals surface area contributed by atoms with E-state index in [0.717, 1.165) is 0 Å². The molecule has 1 aromatic rings. The Morgan fingerprint density at radius 1 is 1.44 bits per heavy atom. The van der Waals surface area contributed by atoms with Gasteiger partial charge in [0.2, 0.25) is 17.7 Å². The predicted octanol–water partition coefficient (Wildman–Crippen LogP) is 1.18. The molecule has 1 amide bonds. The summed E-state index contributed by atoms with van der Waals surface area (Å²) in [6.45, 7) is 0.648. The Bertz CT molecular complexity index is 381. The molecule has 0 aromatic carbocycles. The second-order valence-electron chi connectivity index (χ2n) is 3.26. The van der Waals surface area contributed by atoms with Gasteiger partial charge in [0, 0.05) is 6.42 Å². The lowest BCUT2D eigenvalue weighted by Gasteiger charge is -2.00. The van der Waals surface area contributed by atoms with Gasteiger partial charge in [-0.25, -0.2) is 0 Å². The average molecular weight is 288 g/mol. The molecule has 6 nitrogen and oxygen atoms in total. The number of hydrogen-bond acceptors (Lipinski definition) is 4. The van der Waals surface area contributed by atoms with Crippen LogP contribution >= 0.6 is 12.4 Å². The van der Waals surface area contributed by atoms with Crippen LogP contribution in [0.2, 0.25) is 0 Å². The maximum atomic E-state index is 12.1. The van der Waals surface area contributed by atoms with Gasteiger partial charge in [0.15, 0.2) is 0 Å². The molecule has 1 heterocycles. The van der Waals surface area contributed by atoms with Crippen molar-refractivity contribution >= 4 is 24.3 Å². The van der Waals surface area contributed by atoms with Crippen molar-refractivity contribution in [2.24, 2.45) is 0 Å². The zero-order chi connectivity index (χ0) is 12.9. The molecule has 0 fully saturated rings. The molecule has 1 aromatic heterocycles. The molecule has 10 heteroatoms. The smallest absolute Gasteiger partial charge is 0.320 e. The minimum atomic E-state index is -4.60. The fourth-order valence-electron chi connectivity index (χ4n) is 1.06. The summed E-state index contributed by atoms with van der Waals surface area (Å²) in [6.07, 6.45) is -3.82.